The summed E-state index contributed by atoms with van der Waals surface area (Å²) in [5.74, 6) is 0.414. The molecule has 1 aliphatic heterocycles. The first-order valence-electron chi connectivity index (χ1n) is 17.3. The Morgan fingerprint density at radius 3 is 2.11 bits per heavy atom. The quantitative estimate of drug-likeness (QED) is 0.106. The van der Waals surface area contributed by atoms with E-state index < -0.39 is 0 Å². The van der Waals surface area contributed by atoms with E-state index in [0.29, 0.717) is 5.92 Å². The molecule has 1 atom stereocenters. The van der Waals surface area contributed by atoms with Gasteiger partial charge < -0.3 is 0 Å². The summed E-state index contributed by atoms with van der Waals surface area (Å²) in [5, 5.41) is 0. The third kappa shape index (κ3) is 5.88. The first-order chi connectivity index (χ1) is 22.0. The Balaban J connectivity index is 1.42. The molecular weight excluding hydrogens is 544 g/mol. The summed E-state index contributed by atoms with van der Waals surface area (Å²) in [7, 11) is 0. The first kappa shape index (κ1) is 31.0. The third-order valence-corrected chi connectivity index (χ3v) is 10.6. The Hall–Kier alpha value is -4.04. The molecular formula is C43H50N2+2. The molecule has 0 bridgehead atoms. The number of fused-ring (bicyclic) bond motifs is 3. The predicted molar refractivity (Wildman–Crippen MR) is 188 cm³/mol. The van der Waals surface area contributed by atoms with Gasteiger partial charge in [0, 0.05) is 54.2 Å². The molecule has 6 rings (SSSR count). The van der Waals surface area contributed by atoms with Crippen molar-refractivity contribution < 1.29 is 9.13 Å². The molecule has 0 amide bonds. The SMILES string of the molecule is CCCCCc1cc2[n+](cc1C)C(CC)(CC)C(CC[n+]1ccc(-c3ccccc3)cc1-c1ccccc1C)c1ccccc1-2. The van der Waals surface area contributed by atoms with Crippen LogP contribution in [0, 0.1) is 13.8 Å². The second-order valence-electron chi connectivity index (χ2n) is 13.1. The standard InChI is InChI=1S/C43H50N2/c1-6-9-11-21-35-29-42-39-24-17-16-23-38(39)40(43(7-2,8-3)45(42)31-33(35)5)26-28-44-27-25-36(34-19-12-10-13-20-34)30-41(44)37-22-15-14-18-32(37)4/h10,12-20,22-25,27,29-31,40H,6-9,11,21,26,28H2,1-5H3/q+2. The summed E-state index contributed by atoms with van der Waals surface area (Å²) in [6, 6.07) is 36.1. The maximum absolute atomic E-state index is 2.70. The van der Waals surface area contributed by atoms with Crippen LogP contribution in [0.5, 0.6) is 0 Å². The lowest BCUT2D eigenvalue weighted by molar-refractivity contribution is -0.765. The zero-order valence-electron chi connectivity index (χ0n) is 28.0. The normalized spacial score (nSPS) is 15.0. The molecule has 0 spiro atoms. The van der Waals surface area contributed by atoms with Gasteiger partial charge in [-0.1, -0.05) is 100 Å². The second-order valence-corrected chi connectivity index (χ2v) is 13.1. The summed E-state index contributed by atoms with van der Waals surface area (Å²) in [6.45, 7) is 12.6. The zero-order valence-corrected chi connectivity index (χ0v) is 28.0. The van der Waals surface area contributed by atoms with Crippen LogP contribution in [0.4, 0.5) is 0 Å². The summed E-state index contributed by atoms with van der Waals surface area (Å²) >= 11 is 0. The van der Waals surface area contributed by atoms with Crippen LogP contribution in [0.2, 0.25) is 0 Å². The maximum atomic E-state index is 2.70. The lowest BCUT2D eigenvalue weighted by Gasteiger charge is -2.40. The molecule has 2 heteroatoms. The van der Waals surface area contributed by atoms with Crippen LogP contribution in [-0.4, -0.2) is 0 Å². The van der Waals surface area contributed by atoms with E-state index in [0.717, 1.165) is 25.8 Å². The molecule has 45 heavy (non-hydrogen) atoms. The van der Waals surface area contributed by atoms with E-state index in [1.165, 1.54) is 81.6 Å². The van der Waals surface area contributed by atoms with E-state index in [-0.39, 0.29) is 5.54 Å². The van der Waals surface area contributed by atoms with Gasteiger partial charge in [-0.2, -0.15) is 9.13 Å². The van der Waals surface area contributed by atoms with Gasteiger partial charge in [0.05, 0.1) is 5.92 Å². The van der Waals surface area contributed by atoms with Crippen LogP contribution in [0.15, 0.2) is 109 Å². The number of aromatic nitrogens is 2. The van der Waals surface area contributed by atoms with Crippen molar-refractivity contribution in [1.82, 2.24) is 0 Å². The van der Waals surface area contributed by atoms with Crippen LogP contribution < -0.4 is 9.13 Å². The number of nitrogens with zero attached hydrogens (tertiary/aromatic N) is 2. The van der Waals surface area contributed by atoms with Crippen LogP contribution in [0.1, 0.15) is 87.5 Å². The van der Waals surface area contributed by atoms with Crippen molar-refractivity contribution in [2.45, 2.75) is 97.6 Å². The number of hydrogen-bond donors (Lipinski definition) is 0. The van der Waals surface area contributed by atoms with E-state index >= 15 is 0 Å². The fourth-order valence-electron chi connectivity index (χ4n) is 8.00. The summed E-state index contributed by atoms with van der Waals surface area (Å²) in [6.07, 6.45) is 13.1. The Morgan fingerprint density at radius 1 is 0.667 bits per heavy atom. The van der Waals surface area contributed by atoms with Crippen LogP contribution in [0.25, 0.3) is 33.6 Å². The highest BCUT2D eigenvalue weighted by molar-refractivity contribution is 5.70. The molecule has 0 radical (unpaired) electrons. The maximum Gasteiger partial charge on any atom is 0.213 e. The fraction of sp³-hybridized carbons (Fsp3) is 0.349. The first-order valence-corrected chi connectivity index (χ1v) is 17.3. The Bertz CT molecular complexity index is 1760. The van der Waals surface area contributed by atoms with E-state index in [1.807, 2.05) is 0 Å². The van der Waals surface area contributed by atoms with E-state index in [4.69, 9.17) is 0 Å². The molecule has 1 unspecified atom stereocenters. The number of benzene rings is 3. The summed E-state index contributed by atoms with van der Waals surface area (Å²) in [4.78, 5) is 0. The number of unbranched alkanes of at least 4 members (excludes halogenated alkanes) is 2. The molecule has 230 valence electrons. The van der Waals surface area contributed by atoms with Gasteiger partial charge in [0.25, 0.3) is 0 Å². The molecule has 3 heterocycles. The van der Waals surface area contributed by atoms with Gasteiger partial charge in [0.15, 0.2) is 17.9 Å². The van der Waals surface area contributed by atoms with Gasteiger partial charge in [-0.25, -0.2) is 0 Å². The van der Waals surface area contributed by atoms with Crippen LogP contribution >= 0.6 is 0 Å². The van der Waals surface area contributed by atoms with Gasteiger partial charge in [-0.15, -0.1) is 0 Å². The molecule has 0 fully saturated rings. The highest BCUT2D eigenvalue weighted by atomic mass is 15.1. The summed E-state index contributed by atoms with van der Waals surface area (Å²) in [5.41, 5.74) is 13.8. The number of aryl methyl sites for hydroxylation is 4. The average Bonchev–Trinajstić information content (AvgIpc) is 3.08. The van der Waals surface area contributed by atoms with Crippen molar-refractivity contribution in [3.8, 4) is 33.6 Å². The molecule has 1 aliphatic rings. The minimum Gasteiger partial charge on any atom is -0.198 e. The monoisotopic (exact) mass is 594 g/mol. The van der Waals surface area contributed by atoms with Crippen molar-refractivity contribution in [3.05, 3.63) is 132 Å². The Labute approximate surface area is 271 Å². The third-order valence-electron chi connectivity index (χ3n) is 10.6. The van der Waals surface area contributed by atoms with Crippen molar-refractivity contribution in [2.75, 3.05) is 0 Å². The predicted octanol–water partition coefficient (Wildman–Crippen LogP) is 10.3. The molecule has 2 nitrogen and oxygen atoms in total. The van der Waals surface area contributed by atoms with Gasteiger partial charge in [0.1, 0.15) is 6.54 Å². The Morgan fingerprint density at radius 2 is 1.38 bits per heavy atom. The molecule has 3 aromatic carbocycles. The van der Waals surface area contributed by atoms with Crippen molar-refractivity contribution in [1.29, 1.82) is 0 Å². The minimum absolute atomic E-state index is 0.0315. The van der Waals surface area contributed by atoms with Crippen LogP contribution in [0.3, 0.4) is 0 Å². The second kappa shape index (κ2) is 13.5. The van der Waals surface area contributed by atoms with E-state index in [1.54, 1.807) is 0 Å². The smallest absolute Gasteiger partial charge is 0.198 e. The van der Waals surface area contributed by atoms with Gasteiger partial charge >= 0.3 is 0 Å². The highest BCUT2D eigenvalue weighted by Crippen LogP contribution is 2.47. The van der Waals surface area contributed by atoms with Crippen LogP contribution in [-0.2, 0) is 18.5 Å². The van der Waals surface area contributed by atoms with Gasteiger partial charge in [-0.3, -0.25) is 0 Å². The molecule has 0 saturated heterocycles. The van der Waals surface area contributed by atoms with Crippen molar-refractivity contribution in [2.24, 2.45) is 0 Å². The summed E-state index contributed by atoms with van der Waals surface area (Å²) < 4.78 is 5.21. The Kier molecular flexibility index (Phi) is 9.31. The zero-order chi connectivity index (χ0) is 31.4. The molecule has 0 aliphatic carbocycles. The number of pyridine rings is 2. The molecule has 0 saturated carbocycles. The lowest BCUT2D eigenvalue weighted by atomic mass is 9.69. The largest absolute Gasteiger partial charge is 0.213 e. The molecule has 0 N–H and O–H groups in total. The minimum atomic E-state index is 0.0315. The molecule has 2 aromatic heterocycles. The number of hydrogen-bond acceptors (Lipinski definition) is 0. The average molecular weight is 595 g/mol. The topological polar surface area (TPSA) is 7.76 Å². The fourth-order valence-corrected chi connectivity index (χ4v) is 8.00. The van der Waals surface area contributed by atoms with Gasteiger partial charge in [-0.05, 0) is 66.6 Å². The van der Waals surface area contributed by atoms with E-state index in [2.05, 4.69) is 153 Å². The van der Waals surface area contributed by atoms with E-state index in [9.17, 15) is 0 Å². The van der Waals surface area contributed by atoms with Crippen molar-refractivity contribution >= 4 is 0 Å². The van der Waals surface area contributed by atoms with Crippen molar-refractivity contribution in [3.63, 3.8) is 0 Å². The highest BCUT2D eigenvalue weighted by Gasteiger charge is 2.51. The number of rotatable bonds is 11. The molecule has 5 aromatic rings. The van der Waals surface area contributed by atoms with Gasteiger partial charge in [0.2, 0.25) is 11.4 Å². The lowest BCUT2D eigenvalue weighted by Crippen LogP contribution is -2.62.